The minimum Gasteiger partial charge on any atom is -0.391 e. The van der Waals surface area contributed by atoms with Gasteiger partial charge in [0.15, 0.2) is 0 Å². The molecule has 0 aromatic rings. The third-order valence-corrected chi connectivity index (χ3v) is 3.90. The average molecular weight is 254 g/mol. The number of amides is 2. The van der Waals surface area contributed by atoms with Crippen LogP contribution in [0.2, 0.25) is 0 Å². The lowest BCUT2D eigenvalue weighted by atomic mass is 10.0. The predicted octanol–water partition coefficient (Wildman–Crippen LogP) is 0.276. The number of nitrogens with one attached hydrogen (secondary N) is 1. The van der Waals surface area contributed by atoms with Crippen LogP contribution in [0, 0.1) is 5.92 Å². The summed E-state index contributed by atoms with van der Waals surface area (Å²) in [5.41, 5.74) is 0. The first-order chi connectivity index (χ1) is 8.65. The largest absolute Gasteiger partial charge is 0.391 e. The highest BCUT2D eigenvalue weighted by atomic mass is 16.3. The van der Waals surface area contributed by atoms with Crippen LogP contribution in [-0.4, -0.2) is 47.6 Å². The summed E-state index contributed by atoms with van der Waals surface area (Å²) in [4.78, 5) is 25.0. The summed E-state index contributed by atoms with van der Waals surface area (Å²) in [7, 11) is 0. The van der Waals surface area contributed by atoms with Gasteiger partial charge in [0.25, 0.3) is 0 Å². The van der Waals surface area contributed by atoms with Gasteiger partial charge in [-0.15, -0.1) is 0 Å². The summed E-state index contributed by atoms with van der Waals surface area (Å²) in [6.07, 6.45) is 5.52. The fourth-order valence-electron chi connectivity index (χ4n) is 2.80. The van der Waals surface area contributed by atoms with Crippen LogP contribution in [0.1, 0.15) is 38.5 Å². The lowest BCUT2D eigenvalue weighted by Crippen LogP contribution is -2.39. The molecular formula is C13H22N2O3. The summed E-state index contributed by atoms with van der Waals surface area (Å²) in [6, 6.07) is 0. The number of hydrogen-bond donors (Lipinski definition) is 2. The van der Waals surface area contributed by atoms with Crippen molar-refractivity contribution in [2.24, 2.45) is 5.92 Å². The van der Waals surface area contributed by atoms with Crippen LogP contribution < -0.4 is 5.32 Å². The summed E-state index contributed by atoms with van der Waals surface area (Å²) in [5, 5.41) is 12.0. The van der Waals surface area contributed by atoms with Crippen LogP contribution in [0.15, 0.2) is 0 Å². The molecule has 0 aromatic heterocycles. The number of carbonyl (C=O) groups excluding carboxylic acids is 2. The SMILES string of the molecule is O=C(CC1CCCC1)NCC(=O)N1CC[C@@H](O)C1. The van der Waals surface area contributed by atoms with E-state index >= 15 is 0 Å². The van der Waals surface area contributed by atoms with Crippen LogP contribution in [0.4, 0.5) is 0 Å². The van der Waals surface area contributed by atoms with Gasteiger partial charge in [-0.1, -0.05) is 12.8 Å². The molecule has 5 nitrogen and oxygen atoms in total. The highest BCUT2D eigenvalue weighted by Gasteiger charge is 2.25. The number of aliphatic hydroxyl groups excluding tert-OH is 1. The first kappa shape index (κ1) is 13.3. The molecule has 1 atom stereocenters. The Labute approximate surface area is 108 Å². The van der Waals surface area contributed by atoms with Gasteiger partial charge in [0.2, 0.25) is 11.8 Å². The molecule has 2 fully saturated rings. The Morgan fingerprint density at radius 3 is 2.56 bits per heavy atom. The van der Waals surface area contributed by atoms with Gasteiger partial charge in [-0.05, 0) is 25.2 Å². The van der Waals surface area contributed by atoms with Crippen molar-refractivity contribution in [2.45, 2.75) is 44.6 Å². The summed E-state index contributed by atoms with van der Waals surface area (Å²) >= 11 is 0. The van der Waals surface area contributed by atoms with Gasteiger partial charge < -0.3 is 15.3 Å². The molecule has 2 amide bonds. The lowest BCUT2D eigenvalue weighted by Gasteiger charge is -2.16. The number of hydrogen-bond acceptors (Lipinski definition) is 3. The standard InChI is InChI=1S/C13H22N2O3/c16-11-5-6-15(9-11)13(18)8-14-12(17)7-10-3-1-2-4-10/h10-11,16H,1-9H2,(H,14,17)/t11-/m1/s1. The molecule has 1 saturated heterocycles. The van der Waals surface area contributed by atoms with E-state index in [1.807, 2.05) is 0 Å². The Kier molecular flexibility index (Phi) is 4.58. The zero-order chi connectivity index (χ0) is 13.0. The van der Waals surface area contributed by atoms with E-state index in [4.69, 9.17) is 0 Å². The molecule has 2 rings (SSSR count). The van der Waals surface area contributed by atoms with E-state index in [2.05, 4.69) is 5.32 Å². The van der Waals surface area contributed by atoms with E-state index in [-0.39, 0.29) is 18.4 Å². The molecule has 0 aromatic carbocycles. The second kappa shape index (κ2) is 6.18. The molecule has 18 heavy (non-hydrogen) atoms. The number of nitrogens with zero attached hydrogens (tertiary/aromatic N) is 1. The maximum Gasteiger partial charge on any atom is 0.242 e. The molecule has 2 aliphatic rings. The van der Waals surface area contributed by atoms with E-state index in [0.717, 1.165) is 12.8 Å². The average Bonchev–Trinajstić information content (AvgIpc) is 2.97. The molecule has 0 unspecified atom stereocenters. The van der Waals surface area contributed by atoms with Gasteiger partial charge in [-0.3, -0.25) is 9.59 Å². The van der Waals surface area contributed by atoms with Gasteiger partial charge in [0.1, 0.15) is 0 Å². The molecule has 5 heteroatoms. The van der Waals surface area contributed by atoms with Crippen LogP contribution in [-0.2, 0) is 9.59 Å². The third-order valence-electron chi connectivity index (χ3n) is 3.90. The van der Waals surface area contributed by atoms with E-state index in [0.29, 0.717) is 31.8 Å². The van der Waals surface area contributed by atoms with Gasteiger partial charge in [-0.25, -0.2) is 0 Å². The highest BCUT2D eigenvalue weighted by molar-refractivity contribution is 5.85. The zero-order valence-electron chi connectivity index (χ0n) is 10.7. The molecule has 0 spiro atoms. The third kappa shape index (κ3) is 3.70. The number of carbonyl (C=O) groups is 2. The quantitative estimate of drug-likeness (QED) is 0.757. The molecule has 1 aliphatic heterocycles. The monoisotopic (exact) mass is 254 g/mol. The predicted molar refractivity (Wildman–Crippen MR) is 66.8 cm³/mol. The topological polar surface area (TPSA) is 69.6 Å². The van der Waals surface area contributed by atoms with Crippen molar-refractivity contribution in [1.82, 2.24) is 10.2 Å². The van der Waals surface area contributed by atoms with Crippen LogP contribution in [0.3, 0.4) is 0 Å². The number of rotatable bonds is 4. The first-order valence-electron chi connectivity index (χ1n) is 6.87. The smallest absolute Gasteiger partial charge is 0.242 e. The Balaban J connectivity index is 1.64. The van der Waals surface area contributed by atoms with E-state index in [1.165, 1.54) is 12.8 Å². The van der Waals surface area contributed by atoms with Crippen molar-refractivity contribution in [1.29, 1.82) is 0 Å². The maximum absolute atomic E-state index is 11.7. The highest BCUT2D eigenvalue weighted by Crippen LogP contribution is 2.27. The fourth-order valence-corrected chi connectivity index (χ4v) is 2.80. The minimum absolute atomic E-state index is 0.0185. The summed E-state index contributed by atoms with van der Waals surface area (Å²) in [6.45, 7) is 1.06. The number of β-amino-alcohol motifs (C(OH)–C–C–N with tert-alkyl or cyclic N) is 1. The van der Waals surface area contributed by atoms with Crippen molar-refractivity contribution in [3.05, 3.63) is 0 Å². The van der Waals surface area contributed by atoms with E-state index in [1.54, 1.807) is 4.90 Å². The second-order valence-corrected chi connectivity index (χ2v) is 5.41. The zero-order valence-corrected chi connectivity index (χ0v) is 10.7. The van der Waals surface area contributed by atoms with Crippen LogP contribution in [0.5, 0.6) is 0 Å². The van der Waals surface area contributed by atoms with Gasteiger partial charge in [0, 0.05) is 19.5 Å². The Bertz CT molecular complexity index is 313. The lowest BCUT2D eigenvalue weighted by molar-refractivity contribution is -0.132. The van der Waals surface area contributed by atoms with Crippen LogP contribution >= 0.6 is 0 Å². The molecule has 0 bridgehead atoms. The fraction of sp³-hybridized carbons (Fsp3) is 0.846. The van der Waals surface area contributed by atoms with Gasteiger partial charge in [-0.2, -0.15) is 0 Å². The Morgan fingerprint density at radius 1 is 1.22 bits per heavy atom. The molecule has 1 heterocycles. The van der Waals surface area contributed by atoms with E-state index < -0.39 is 6.10 Å². The van der Waals surface area contributed by atoms with Crippen LogP contribution in [0.25, 0.3) is 0 Å². The molecule has 0 radical (unpaired) electrons. The van der Waals surface area contributed by atoms with Crippen molar-refractivity contribution in [3.63, 3.8) is 0 Å². The van der Waals surface area contributed by atoms with Crippen molar-refractivity contribution in [3.8, 4) is 0 Å². The Hall–Kier alpha value is -1.10. The van der Waals surface area contributed by atoms with Crippen molar-refractivity contribution >= 4 is 11.8 Å². The summed E-state index contributed by atoms with van der Waals surface area (Å²) in [5.74, 6) is 0.398. The minimum atomic E-state index is -0.400. The molecule has 2 N–H and O–H groups in total. The molecule has 102 valence electrons. The van der Waals surface area contributed by atoms with E-state index in [9.17, 15) is 14.7 Å². The normalized spacial score (nSPS) is 24.5. The summed E-state index contributed by atoms with van der Waals surface area (Å²) < 4.78 is 0. The second-order valence-electron chi connectivity index (χ2n) is 5.41. The molecule has 1 aliphatic carbocycles. The Morgan fingerprint density at radius 2 is 1.94 bits per heavy atom. The first-order valence-corrected chi connectivity index (χ1v) is 6.87. The van der Waals surface area contributed by atoms with Gasteiger partial charge in [0.05, 0.1) is 12.6 Å². The molecular weight excluding hydrogens is 232 g/mol. The maximum atomic E-state index is 11.7. The molecule has 1 saturated carbocycles. The van der Waals surface area contributed by atoms with Gasteiger partial charge >= 0.3 is 0 Å². The van der Waals surface area contributed by atoms with Crippen molar-refractivity contribution < 1.29 is 14.7 Å². The number of aliphatic hydroxyl groups is 1. The number of likely N-dealkylation sites (tertiary alicyclic amines) is 1. The van der Waals surface area contributed by atoms with Crippen molar-refractivity contribution in [2.75, 3.05) is 19.6 Å².